The number of para-hydroxylation sites is 1. The van der Waals surface area contributed by atoms with Crippen LogP contribution < -0.4 is 14.9 Å². The summed E-state index contributed by atoms with van der Waals surface area (Å²) in [7, 11) is 1.57. The quantitative estimate of drug-likeness (QED) is 0.140. The minimum absolute atomic E-state index is 0.106. The molecule has 0 radical (unpaired) electrons. The minimum atomic E-state index is -0.718. The predicted octanol–water partition coefficient (Wildman–Crippen LogP) is 3.99. The van der Waals surface area contributed by atoms with Gasteiger partial charge in [0.05, 0.1) is 18.2 Å². The van der Waals surface area contributed by atoms with Crippen molar-refractivity contribution in [3.05, 3.63) is 106 Å². The van der Waals surface area contributed by atoms with E-state index < -0.39 is 16.8 Å². The molecule has 0 aliphatic carbocycles. The molecule has 0 spiro atoms. The van der Waals surface area contributed by atoms with Crippen molar-refractivity contribution in [3.8, 4) is 11.5 Å². The molecule has 0 aliphatic heterocycles. The summed E-state index contributed by atoms with van der Waals surface area (Å²) >= 11 is 0. The summed E-state index contributed by atoms with van der Waals surface area (Å²) in [6.07, 6.45) is 4.25. The second-order valence-corrected chi connectivity index (χ2v) is 6.57. The number of hydrazone groups is 1. The van der Waals surface area contributed by atoms with E-state index in [1.807, 2.05) is 0 Å². The van der Waals surface area contributed by atoms with Crippen LogP contribution in [0.2, 0.25) is 0 Å². The molecule has 0 fully saturated rings. The highest BCUT2D eigenvalue weighted by Gasteiger charge is 2.18. The van der Waals surface area contributed by atoms with Gasteiger partial charge in [0.1, 0.15) is 17.1 Å². The van der Waals surface area contributed by atoms with Gasteiger partial charge in [0.2, 0.25) is 0 Å². The van der Waals surface area contributed by atoms with Crippen molar-refractivity contribution < 1.29 is 24.0 Å². The Balaban J connectivity index is 1.59. The molecular weight excluding hydrogens is 426 g/mol. The van der Waals surface area contributed by atoms with E-state index in [-0.39, 0.29) is 17.0 Å². The van der Waals surface area contributed by atoms with E-state index in [0.717, 1.165) is 5.56 Å². The molecule has 33 heavy (non-hydrogen) atoms. The number of benzene rings is 3. The standard InChI is InChI=1S/C24H19N3O6/c1-32-19-12-9-17(10-13-19)11-14-23(28)33-20-6-4-5-18(15-20)16-25-26-24(29)21-7-2-3-8-22(21)27(30)31/h2-16H,1H3,(H,26,29)/b14-11+,25-16+. The van der Waals surface area contributed by atoms with Crippen LogP contribution in [0.5, 0.6) is 11.5 Å². The number of nitrogens with zero attached hydrogens (tertiary/aromatic N) is 2. The van der Waals surface area contributed by atoms with Gasteiger partial charge in [0.15, 0.2) is 0 Å². The predicted molar refractivity (Wildman–Crippen MR) is 122 cm³/mol. The molecule has 0 heterocycles. The van der Waals surface area contributed by atoms with Crippen LogP contribution in [0, 0.1) is 10.1 Å². The van der Waals surface area contributed by atoms with E-state index in [1.165, 1.54) is 36.6 Å². The second-order valence-electron chi connectivity index (χ2n) is 6.57. The van der Waals surface area contributed by atoms with Gasteiger partial charge < -0.3 is 9.47 Å². The van der Waals surface area contributed by atoms with E-state index in [4.69, 9.17) is 9.47 Å². The Labute approximate surface area is 189 Å². The molecular formula is C24H19N3O6. The number of hydrogen-bond donors (Lipinski definition) is 1. The first kappa shape index (κ1) is 22.9. The number of nitrogens with one attached hydrogen (secondary N) is 1. The van der Waals surface area contributed by atoms with Crippen molar-refractivity contribution in [3.63, 3.8) is 0 Å². The van der Waals surface area contributed by atoms with Gasteiger partial charge in [0.25, 0.3) is 11.6 Å². The number of carbonyl (C=O) groups excluding carboxylic acids is 2. The fourth-order valence-electron chi connectivity index (χ4n) is 2.74. The molecule has 9 heteroatoms. The molecule has 3 aromatic carbocycles. The van der Waals surface area contributed by atoms with E-state index in [1.54, 1.807) is 61.7 Å². The normalized spacial score (nSPS) is 10.8. The Hall–Kier alpha value is -4.79. The molecule has 0 aromatic heterocycles. The summed E-state index contributed by atoms with van der Waals surface area (Å²) in [6, 6.07) is 19.2. The van der Waals surface area contributed by atoms with Gasteiger partial charge in [-0.25, -0.2) is 10.2 Å². The van der Waals surface area contributed by atoms with Crippen LogP contribution in [0.25, 0.3) is 6.08 Å². The summed E-state index contributed by atoms with van der Waals surface area (Å²) in [4.78, 5) is 34.7. The van der Waals surface area contributed by atoms with Crippen molar-refractivity contribution in [2.45, 2.75) is 0 Å². The number of amides is 1. The first-order valence-corrected chi connectivity index (χ1v) is 9.67. The third-order valence-electron chi connectivity index (χ3n) is 4.33. The Kier molecular flexibility index (Phi) is 7.63. The van der Waals surface area contributed by atoms with Crippen molar-refractivity contribution in [2.75, 3.05) is 7.11 Å². The topological polar surface area (TPSA) is 120 Å². The van der Waals surface area contributed by atoms with Crippen molar-refractivity contribution >= 4 is 29.9 Å². The lowest BCUT2D eigenvalue weighted by atomic mass is 10.2. The van der Waals surface area contributed by atoms with Crippen LogP contribution in [-0.2, 0) is 4.79 Å². The van der Waals surface area contributed by atoms with Crippen molar-refractivity contribution in [2.24, 2.45) is 5.10 Å². The van der Waals surface area contributed by atoms with Gasteiger partial charge in [-0.05, 0) is 47.5 Å². The number of methoxy groups -OCH3 is 1. The molecule has 0 saturated carbocycles. The number of ether oxygens (including phenoxy) is 2. The largest absolute Gasteiger partial charge is 0.497 e. The van der Waals surface area contributed by atoms with Gasteiger partial charge in [-0.3, -0.25) is 14.9 Å². The Morgan fingerprint density at radius 3 is 2.45 bits per heavy atom. The third kappa shape index (κ3) is 6.59. The number of esters is 1. The maximum Gasteiger partial charge on any atom is 0.336 e. The van der Waals surface area contributed by atoms with Gasteiger partial charge >= 0.3 is 5.97 Å². The van der Waals surface area contributed by atoms with E-state index in [0.29, 0.717) is 11.3 Å². The molecule has 3 aromatic rings. The van der Waals surface area contributed by atoms with Crippen LogP contribution in [-0.4, -0.2) is 30.1 Å². The molecule has 1 amide bonds. The number of carbonyl (C=O) groups is 2. The zero-order chi connectivity index (χ0) is 23.6. The van der Waals surface area contributed by atoms with Crippen molar-refractivity contribution in [1.29, 1.82) is 0 Å². The van der Waals surface area contributed by atoms with E-state index in [2.05, 4.69) is 10.5 Å². The molecule has 0 saturated heterocycles. The number of hydrogen-bond acceptors (Lipinski definition) is 7. The zero-order valence-corrected chi connectivity index (χ0v) is 17.5. The lowest BCUT2D eigenvalue weighted by Gasteiger charge is -2.03. The summed E-state index contributed by atoms with van der Waals surface area (Å²) in [5, 5.41) is 14.9. The zero-order valence-electron chi connectivity index (χ0n) is 17.5. The van der Waals surface area contributed by atoms with Crippen LogP contribution in [0.4, 0.5) is 5.69 Å². The highest BCUT2D eigenvalue weighted by Crippen LogP contribution is 2.17. The lowest BCUT2D eigenvalue weighted by molar-refractivity contribution is -0.385. The fourth-order valence-corrected chi connectivity index (χ4v) is 2.74. The fraction of sp³-hybridized carbons (Fsp3) is 0.0417. The summed E-state index contributed by atoms with van der Waals surface area (Å²) in [6.45, 7) is 0. The van der Waals surface area contributed by atoms with Gasteiger partial charge in [-0.1, -0.05) is 36.4 Å². The third-order valence-corrected chi connectivity index (χ3v) is 4.33. The van der Waals surface area contributed by atoms with Gasteiger partial charge in [0, 0.05) is 12.1 Å². The SMILES string of the molecule is COc1ccc(/C=C/C(=O)Oc2cccc(/C=N/NC(=O)c3ccccc3[N+](=O)[O-])c2)cc1. The smallest absolute Gasteiger partial charge is 0.336 e. The van der Waals surface area contributed by atoms with Crippen LogP contribution >= 0.6 is 0 Å². The number of rotatable bonds is 8. The monoisotopic (exact) mass is 445 g/mol. The summed E-state index contributed by atoms with van der Waals surface area (Å²) in [5.74, 6) is -0.283. The maximum atomic E-state index is 12.2. The number of nitro groups is 1. The average molecular weight is 445 g/mol. The molecule has 0 aliphatic rings. The minimum Gasteiger partial charge on any atom is -0.497 e. The Bertz CT molecular complexity index is 1220. The van der Waals surface area contributed by atoms with Crippen molar-refractivity contribution in [1.82, 2.24) is 5.43 Å². The lowest BCUT2D eigenvalue weighted by Crippen LogP contribution is -2.18. The second kappa shape index (κ2) is 11.0. The molecule has 166 valence electrons. The first-order valence-electron chi connectivity index (χ1n) is 9.67. The number of nitro benzene ring substituents is 1. The summed E-state index contributed by atoms with van der Waals surface area (Å²) < 4.78 is 10.4. The molecule has 0 unspecified atom stereocenters. The maximum absolute atomic E-state index is 12.2. The molecule has 3 rings (SSSR count). The highest BCUT2D eigenvalue weighted by molar-refractivity contribution is 5.98. The average Bonchev–Trinajstić information content (AvgIpc) is 2.83. The molecule has 9 nitrogen and oxygen atoms in total. The van der Waals surface area contributed by atoms with Crippen LogP contribution in [0.1, 0.15) is 21.5 Å². The first-order chi connectivity index (χ1) is 16.0. The Morgan fingerprint density at radius 2 is 1.73 bits per heavy atom. The van der Waals surface area contributed by atoms with Gasteiger partial charge in [-0.15, -0.1) is 0 Å². The highest BCUT2D eigenvalue weighted by atomic mass is 16.6. The van der Waals surface area contributed by atoms with E-state index in [9.17, 15) is 19.7 Å². The van der Waals surface area contributed by atoms with Gasteiger partial charge in [-0.2, -0.15) is 5.10 Å². The molecule has 0 bridgehead atoms. The summed E-state index contributed by atoms with van der Waals surface area (Å²) in [5.41, 5.74) is 3.18. The van der Waals surface area contributed by atoms with Crippen LogP contribution in [0.3, 0.4) is 0 Å². The van der Waals surface area contributed by atoms with E-state index >= 15 is 0 Å². The Morgan fingerprint density at radius 1 is 0.970 bits per heavy atom. The molecule has 1 N–H and O–H groups in total. The van der Waals surface area contributed by atoms with Crippen LogP contribution in [0.15, 0.2) is 84.0 Å². The molecule has 0 atom stereocenters.